The van der Waals surface area contributed by atoms with Crippen molar-refractivity contribution in [2.45, 2.75) is 12.5 Å². The number of anilines is 1. The van der Waals surface area contributed by atoms with Gasteiger partial charge in [0.15, 0.2) is 0 Å². The number of aryl methyl sites for hydroxylation is 1. The third-order valence-electron chi connectivity index (χ3n) is 6.85. The van der Waals surface area contributed by atoms with Gasteiger partial charge in [-0.25, -0.2) is 14.2 Å². The van der Waals surface area contributed by atoms with Gasteiger partial charge >= 0.3 is 5.69 Å². The van der Waals surface area contributed by atoms with Crippen molar-refractivity contribution < 1.29 is 14.2 Å². The third kappa shape index (κ3) is 5.18. The maximum absolute atomic E-state index is 14.9. The number of hydrogen-bond acceptors (Lipinski definition) is 6. The number of hydrogen-bond donors (Lipinski definition) is 2. The number of imidazole rings is 1. The van der Waals surface area contributed by atoms with Crippen LogP contribution in [0.3, 0.4) is 0 Å². The summed E-state index contributed by atoms with van der Waals surface area (Å²) in [6.07, 6.45) is 5.83. The summed E-state index contributed by atoms with van der Waals surface area (Å²) >= 11 is 6.52. The number of ether oxygens (including phenoxy) is 1. The third-order valence-corrected chi connectivity index (χ3v) is 7.15. The van der Waals surface area contributed by atoms with Crippen molar-refractivity contribution in [3.8, 4) is 33.7 Å². The zero-order chi connectivity index (χ0) is 26.8. The summed E-state index contributed by atoms with van der Waals surface area (Å²) in [5.41, 5.74) is 2.09. The Morgan fingerprint density at radius 1 is 1.16 bits per heavy atom. The molecule has 1 aliphatic rings. The number of pyridine rings is 1. The maximum Gasteiger partial charge on any atom is 0.332 e. The van der Waals surface area contributed by atoms with E-state index in [1.54, 1.807) is 57.0 Å². The van der Waals surface area contributed by atoms with E-state index in [-0.39, 0.29) is 17.5 Å². The van der Waals surface area contributed by atoms with Crippen LogP contribution >= 0.6 is 11.6 Å². The van der Waals surface area contributed by atoms with Gasteiger partial charge in [-0.05, 0) is 53.9 Å². The summed E-state index contributed by atoms with van der Waals surface area (Å²) in [4.78, 5) is 19.1. The molecule has 0 aliphatic carbocycles. The van der Waals surface area contributed by atoms with E-state index >= 15 is 0 Å². The van der Waals surface area contributed by atoms with Crippen molar-refractivity contribution in [1.82, 2.24) is 19.4 Å². The minimum absolute atomic E-state index is 0.0671. The van der Waals surface area contributed by atoms with Crippen molar-refractivity contribution in [2.75, 3.05) is 38.3 Å². The highest BCUT2D eigenvalue weighted by Gasteiger charge is 2.21. The largest absolute Gasteiger partial charge is 0.507 e. The van der Waals surface area contributed by atoms with Gasteiger partial charge in [-0.2, -0.15) is 0 Å². The normalized spacial score (nSPS) is 15.7. The van der Waals surface area contributed by atoms with Gasteiger partial charge < -0.3 is 24.6 Å². The Hall–Kier alpha value is -3.66. The molecular weight excluding hydrogens is 509 g/mol. The molecule has 198 valence electrons. The van der Waals surface area contributed by atoms with E-state index in [2.05, 4.69) is 15.2 Å². The lowest BCUT2D eigenvalue weighted by molar-refractivity contribution is 0.181. The molecule has 2 aromatic carbocycles. The molecule has 10 heteroatoms. The van der Waals surface area contributed by atoms with Crippen LogP contribution in [0.5, 0.6) is 5.75 Å². The van der Waals surface area contributed by atoms with Crippen LogP contribution in [0.1, 0.15) is 6.42 Å². The molecule has 0 radical (unpaired) electrons. The van der Waals surface area contributed by atoms with Gasteiger partial charge in [0.1, 0.15) is 17.4 Å². The number of nitrogens with zero attached hydrogens (tertiary/aromatic N) is 4. The van der Waals surface area contributed by atoms with E-state index < -0.39 is 5.82 Å². The summed E-state index contributed by atoms with van der Waals surface area (Å²) < 4.78 is 23.0. The highest BCUT2D eigenvalue weighted by atomic mass is 35.5. The highest BCUT2D eigenvalue weighted by molar-refractivity contribution is 6.32. The first-order chi connectivity index (χ1) is 18.4. The molecule has 8 nitrogen and oxygen atoms in total. The van der Waals surface area contributed by atoms with Crippen molar-refractivity contribution in [2.24, 2.45) is 7.05 Å². The monoisotopic (exact) mass is 537 g/mol. The van der Waals surface area contributed by atoms with E-state index in [9.17, 15) is 14.3 Å². The lowest BCUT2D eigenvalue weighted by Crippen LogP contribution is -2.51. The first-order valence-corrected chi connectivity index (χ1v) is 12.7. The van der Waals surface area contributed by atoms with Gasteiger partial charge in [0.2, 0.25) is 0 Å². The summed E-state index contributed by atoms with van der Waals surface area (Å²) in [6, 6.07) is 11.5. The van der Waals surface area contributed by atoms with Crippen LogP contribution in [-0.4, -0.2) is 58.6 Å². The smallest absolute Gasteiger partial charge is 0.332 e. The molecule has 0 amide bonds. The van der Waals surface area contributed by atoms with Gasteiger partial charge in [-0.3, -0.25) is 4.57 Å². The van der Waals surface area contributed by atoms with E-state index in [4.69, 9.17) is 16.3 Å². The topological polar surface area (TPSA) is 84.5 Å². The maximum atomic E-state index is 14.9. The zero-order valence-corrected chi connectivity index (χ0v) is 22.0. The average molecular weight is 538 g/mol. The number of methoxy groups -OCH3 is 1. The van der Waals surface area contributed by atoms with Crippen molar-refractivity contribution >= 4 is 17.4 Å². The lowest BCUT2D eigenvalue weighted by Gasteiger charge is -2.34. The minimum Gasteiger partial charge on any atom is -0.507 e. The predicted molar refractivity (Wildman–Crippen MR) is 147 cm³/mol. The first-order valence-electron chi connectivity index (χ1n) is 12.4. The van der Waals surface area contributed by atoms with Crippen LogP contribution in [0.4, 0.5) is 10.2 Å². The molecule has 1 unspecified atom stereocenters. The number of nitrogens with one attached hydrogen (secondary N) is 1. The average Bonchev–Trinajstić information content (AvgIpc) is 3.26. The van der Waals surface area contributed by atoms with Gasteiger partial charge in [-0.15, -0.1) is 0 Å². The SMILES string of the molecule is COCCC1CN(c2cc(-c3cc(F)cc(-c4ccc(-n5ccn(C)c5=O)c(Cl)c4)c3O)ccn2)CCN1. The van der Waals surface area contributed by atoms with Gasteiger partial charge in [-0.1, -0.05) is 17.7 Å². The summed E-state index contributed by atoms with van der Waals surface area (Å²) in [5.74, 6) is 0.201. The summed E-state index contributed by atoms with van der Waals surface area (Å²) in [6.45, 7) is 3.05. The number of phenolic OH excluding ortho intramolecular Hbond substituents is 1. The van der Waals surface area contributed by atoms with E-state index in [0.717, 1.165) is 31.9 Å². The fraction of sp³-hybridized carbons (Fsp3) is 0.286. The van der Waals surface area contributed by atoms with Crippen LogP contribution < -0.4 is 15.9 Å². The van der Waals surface area contributed by atoms with E-state index in [0.29, 0.717) is 39.6 Å². The number of halogens is 2. The second-order valence-electron chi connectivity index (χ2n) is 9.36. The standard InChI is InChI=1S/C28H29ClFN5O3/c1-33-10-11-35(28(33)37)25-4-3-18(13-24(25)29)22-15-20(30)16-23(27(22)36)19-5-7-32-26(14-19)34-9-8-31-21(17-34)6-12-38-2/h3-5,7,10-11,13-16,21,31,36H,6,8-9,12,17H2,1-2H3. The van der Waals surface area contributed by atoms with Crippen LogP contribution in [-0.2, 0) is 11.8 Å². The molecule has 3 heterocycles. The van der Waals surface area contributed by atoms with Crippen molar-refractivity contribution in [1.29, 1.82) is 0 Å². The molecule has 2 N–H and O–H groups in total. The lowest BCUT2D eigenvalue weighted by atomic mass is 9.97. The second kappa shape index (κ2) is 11.0. The van der Waals surface area contributed by atoms with E-state index in [1.165, 1.54) is 21.3 Å². The minimum atomic E-state index is -0.493. The Morgan fingerprint density at radius 2 is 1.92 bits per heavy atom. The number of aromatic nitrogens is 3. The van der Waals surface area contributed by atoms with Crippen molar-refractivity contribution in [3.63, 3.8) is 0 Å². The molecule has 5 rings (SSSR count). The quantitative estimate of drug-likeness (QED) is 0.367. The molecule has 1 aliphatic heterocycles. The fourth-order valence-corrected chi connectivity index (χ4v) is 5.07. The molecule has 1 atom stereocenters. The summed E-state index contributed by atoms with van der Waals surface area (Å²) in [7, 11) is 3.35. The molecule has 2 aromatic heterocycles. The number of rotatable bonds is 7. The van der Waals surface area contributed by atoms with Gasteiger partial charge in [0.25, 0.3) is 0 Å². The molecule has 1 fully saturated rings. The highest BCUT2D eigenvalue weighted by Crippen LogP contribution is 2.41. The van der Waals surface area contributed by atoms with Crippen LogP contribution in [0, 0.1) is 5.82 Å². The number of benzene rings is 2. The molecule has 0 saturated carbocycles. The van der Waals surface area contributed by atoms with Crippen LogP contribution in [0.25, 0.3) is 27.9 Å². The Bertz CT molecular complexity index is 1520. The molecular formula is C28H29ClFN5O3. The molecule has 38 heavy (non-hydrogen) atoms. The fourth-order valence-electron chi connectivity index (χ4n) is 4.80. The van der Waals surface area contributed by atoms with Crippen LogP contribution in [0.15, 0.2) is 65.8 Å². The molecule has 0 bridgehead atoms. The predicted octanol–water partition coefficient (Wildman–Crippen LogP) is 4.22. The Balaban J connectivity index is 1.48. The van der Waals surface area contributed by atoms with Gasteiger partial charge in [0, 0.05) is 76.2 Å². The Morgan fingerprint density at radius 3 is 2.61 bits per heavy atom. The Kier molecular flexibility index (Phi) is 7.51. The Labute approximate surface area is 224 Å². The second-order valence-corrected chi connectivity index (χ2v) is 9.77. The van der Waals surface area contributed by atoms with Gasteiger partial charge in [0.05, 0.1) is 10.7 Å². The zero-order valence-electron chi connectivity index (χ0n) is 21.2. The number of aromatic hydroxyl groups is 1. The number of piperazine rings is 1. The molecule has 4 aromatic rings. The first kappa shape index (κ1) is 26.0. The van der Waals surface area contributed by atoms with Crippen molar-refractivity contribution in [3.05, 3.63) is 82.4 Å². The van der Waals surface area contributed by atoms with Crippen LogP contribution in [0.2, 0.25) is 5.02 Å². The molecule has 1 saturated heterocycles. The summed E-state index contributed by atoms with van der Waals surface area (Å²) in [5, 5.41) is 15.1. The number of phenols is 1. The molecule has 0 spiro atoms. The van der Waals surface area contributed by atoms with E-state index in [1.807, 2.05) is 6.07 Å².